The molecule has 2 unspecified atom stereocenters. The van der Waals surface area contributed by atoms with Crippen molar-refractivity contribution in [2.45, 2.75) is 140 Å². The first kappa shape index (κ1) is 59.3. The average molecular weight is 1110 g/mol. The van der Waals surface area contributed by atoms with Crippen LogP contribution in [0.25, 0.3) is 4.85 Å². The number of halogens is 10. The molecule has 2 aromatic rings. The predicted octanol–water partition coefficient (Wildman–Crippen LogP) is 13.6. The summed E-state index contributed by atoms with van der Waals surface area (Å²) in [4.78, 5) is 18.6. The first-order chi connectivity index (χ1) is 34.4. The van der Waals surface area contributed by atoms with Gasteiger partial charge in [-0.05, 0) is 138 Å². The molecule has 4 aliphatic rings. The fraction of sp³-hybridized carbons (Fsp3) is 0.714. The van der Waals surface area contributed by atoms with E-state index in [0.717, 1.165) is 55.9 Å². The summed E-state index contributed by atoms with van der Waals surface area (Å²) >= 11 is 0. The number of carbonyl (C=O) groups is 1. The third-order valence-electron chi connectivity index (χ3n) is 14.2. The summed E-state index contributed by atoms with van der Waals surface area (Å²) < 4.78 is 176. The van der Waals surface area contributed by atoms with Crippen molar-refractivity contribution >= 4 is 36.2 Å². The van der Waals surface area contributed by atoms with Crippen LogP contribution in [0.1, 0.15) is 96.6 Å². The van der Waals surface area contributed by atoms with Gasteiger partial charge < -0.3 is 42.5 Å². The highest BCUT2D eigenvalue weighted by atomic mass is 33.1. The largest absolute Gasteiger partial charge is 0.490 e. The fourth-order valence-corrected chi connectivity index (χ4v) is 14.9. The molecule has 7 atom stereocenters. The van der Waals surface area contributed by atoms with Crippen LogP contribution in [0.4, 0.5) is 48.7 Å². The number of benzene rings is 2. The summed E-state index contributed by atoms with van der Waals surface area (Å²) in [7, 11) is 1.86. The highest BCUT2D eigenvalue weighted by molar-refractivity contribution is 8.76. The Hall–Kier alpha value is -2.97. The lowest BCUT2D eigenvalue weighted by Crippen LogP contribution is -2.67. The lowest BCUT2D eigenvalue weighted by atomic mass is 9.55. The number of aryl methyl sites for hydroxylation is 1. The van der Waals surface area contributed by atoms with Gasteiger partial charge in [0.1, 0.15) is 31.3 Å². The van der Waals surface area contributed by atoms with Crippen LogP contribution in [-0.2, 0) is 24.9 Å². The van der Waals surface area contributed by atoms with Gasteiger partial charge in [0.05, 0.1) is 19.3 Å². The molecular formula is C49H64F10N3O8PS2. The minimum Gasteiger partial charge on any atom is -0.490 e. The lowest BCUT2D eigenvalue weighted by Gasteiger charge is -2.50. The summed E-state index contributed by atoms with van der Waals surface area (Å²) in [6.45, 7) is 16.5. The number of carbonyl (C=O) groups excluding carboxylic acids is 1. The van der Waals surface area contributed by atoms with E-state index in [4.69, 9.17) is 34.6 Å². The molecule has 3 fully saturated rings. The molecule has 0 bridgehead atoms. The topological polar surface area (TPSA) is 92.5 Å². The van der Waals surface area contributed by atoms with E-state index < -0.39 is 57.6 Å². The van der Waals surface area contributed by atoms with Crippen LogP contribution in [0.2, 0.25) is 0 Å². The predicted molar refractivity (Wildman–Crippen MR) is 258 cm³/mol. The third-order valence-corrected chi connectivity index (χ3v) is 18.8. The van der Waals surface area contributed by atoms with Crippen LogP contribution < -0.4 is 14.2 Å². The molecule has 0 aromatic heterocycles. The van der Waals surface area contributed by atoms with Gasteiger partial charge in [-0.15, -0.1) is 0 Å². The van der Waals surface area contributed by atoms with E-state index in [0.29, 0.717) is 23.8 Å². The van der Waals surface area contributed by atoms with E-state index in [1.54, 1.807) is 26.5 Å². The number of fused-ring (bicyclic) bond motifs is 5. The second kappa shape index (κ2) is 25.5. The smallest absolute Gasteiger partial charge is 0.435 e. The van der Waals surface area contributed by atoms with Crippen LogP contribution >= 0.6 is 30.1 Å². The molecule has 1 amide bonds. The maximum absolute atomic E-state index is 15.4. The number of amides is 1. The summed E-state index contributed by atoms with van der Waals surface area (Å²) in [5.74, 6) is 2.10. The molecule has 6 rings (SSSR count). The van der Waals surface area contributed by atoms with Crippen molar-refractivity contribution in [2.24, 2.45) is 17.3 Å². The lowest BCUT2D eigenvalue weighted by molar-refractivity contribution is -0.457. The molecule has 0 radical (unpaired) electrons. The molecular weight excluding hydrogens is 1040 g/mol. The Labute approximate surface area is 429 Å². The second-order valence-electron chi connectivity index (χ2n) is 19.4. The highest BCUT2D eigenvalue weighted by Crippen LogP contribution is 2.62. The van der Waals surface area contributed by atoms with Gasteiger partial charge >= 0.3 is 30.2 Å². The van der Waals surface area contributed by atoms with Crippen molar-refractivity contribution in [3.8, 4) is 17.2 Å². The zero-order valence-corrected chi connectivity index (χ0v) is 43.9. The van der Waals surface area contributed by atoms with E-state index >= 15 is 4.39 Å². The van der Waals surface area contributed by atoms with Crippen molar-refractivity contribution in [3.05, 3.63) is 64.8 Å². The Kier molecular flexibility index (Phi) is 20.7. The number of alkyl halides is 9. The molecule has 0 N–H and O–H groups in total. The fourth-order valence-electron chi connectivity index (χ4n) is 10.9. The van der Waals surface area contributed by atoms with Crippen LogP contribution in [0.15, 0.2) is 36.4 Å². The van der Waals surface area contributed by atoms with Gasteiger partial charge in [0.2, 0.25) is 6.54 Å². The summed E-state index contributed by atoms with van der Waals surface area (Å²) in [5.41, 5.74) is -4.27. The van der Waals surface area contributed by atoms with E-state index in [-0.39, 0.29) is 99.1 Å². The first-order valence-corrected chi connectivity index (χ1v) is 28.1. The van der Waals surface area contributed by atoms with Gasteiger partial charge in [-0.3, -0.25) is 0 Å². The maximum atomic E-state index is 15.4. The van der Waals surface area contributed by atoms with Gasteiger partial charge in [0.25, 0.3) is 8.53 Å². The van der Waals surface area contributed by atoms with E-state index in [1.165, 1.54) is 17.7 Å². The monoisotopic (exact) mass is 1110 g/mol. The molecule has 1 heterocycles. The number of nitrogens with zero attached hydrogens (tertiary/aromatic N) is 3. The Balaban J connectivity index is 0.966. The third kappa shape index (κ3) is 14.0. The molecule has 1 saturated heterocycles. The number of hydrogen-bond donors (Lipinski definition) is 0. The quantitative estimate of drug-likeness (QED) is 0.0350. The molecule has 24 heteroatoms. The number of hydrogen-bond acceptors (Lipinski definition) is 11. The van der Waals surface area contributed by atoms with Gasteiger partial charge in [0.15, 0.2) is 11.6 Å². The summed E-state index contributed by atoms with van der Waals surface area (Å²) in [6.07, 6.45) is -16.7. The first-order valence-electron chi connectivity index (χ1n) is 24.5. The minimum atomic E-state index is -6.78. The molecule has 2 aromatic carbocycles. The average Bonchev–Trinajstić information content (AvgIpc) is 3.65. The molecule has 11 nitrogen and oxygen atoms in total. The molecule has 410 valence electrons. The number of rotatable bonds is 23. The van der Waals surface area contributed by atoms with E-state index in [1.807, 2.05) is 39.8 Å². The minimum absolute atomic E-state index is 0.0899. The Morgan fingerprint density at radius 2 is 1.48 bits per heavy atom. The van der Waals surface area contributed by atoms with Gasteiger partial charge in [-0.2, -0.15) is 39.5 Å². The van der Waals surface area contributed by atoms with E-state index in [9.17, 15) is 44.3 Å². The zero-order valence-electron chi connectivity index (χ0n) is 41.4. The standard InChI is InChI=1S/C49H64F10N3O8PS2/c1-31(2)62(32(3)4)71(68-23-19-60-6)69-24-20-61(34-17-27-72-73-30-34)44(63)70-42-14-10-36(29-41(42)50)65-26-25-64-35-9-12-37-33(28-35)8-11-39-38(37)16-18-45(5)40(39)13-15-43(45)66-21-7-22-67-46(47(51,52)53,48(54,55)56)49(57,58)59/h9-10,12,14,28-29,31-32,34,38-40,43H,7-8,11,13,15-27,30H2,1-5H3/t34?,38-,39-,40+,43+,45+,71?/m1/s1. The SMILES string of the molecule is [C-]#[N+]CCOP(OCCN(C(=O)Oc1ccc(OCCOc2ccc3c(c2)CC[C@@H]2[C@@H]3CC[C@]3(C)[C@@H](OCCCOC(C(F)(F)F)(C(F)(F)F)C(F)(F)F)CC[C@@H]23)cc1F)C1CCSSC1)N(C(C)C)C(C)C. The Morgan fingerprint density at radius 1 is 0.822 bits per heavy atom. The van der Waals surface area contributed by atoms with Crippen molar-refractivity contribution in [1.82, 2.24) is 9.57 Å². The van der Waals surface area contributed by atoms with Gasteiger partial charge in [0, 0.05) is 48.8 Å². The van der Waals surface area contributed by atoms with Crippen LogP contribution in [-0.4, -0.2) is 128 Å². The summed E-state index contributed by atoms with van der Waals surface area (Å²) in [6, 6.07) is 10.0. The molecule has 2 saturated carbocycles. The number of ether oxygens (including phenoxy) is 5. The molecule has 1 aliphatic heterocycles. The van der Waals surface area contributed by atoms with Crippen LogP contribution in [0, 0.1) is 29.6 Å². The molecule has 0 spiro atoms. The van der Waals surface area contributed by atoms with Crippen molar-refractivity contribution in [2.75, 3.05) is 64.2 Å². The van der Waals surface area contributed by atoms with Gasteiger partial charge in [-0.25, -0.2) is 20.4 Å². The normalized spacial score (nSPS) is 23.9. The van der Waals surface area contributed by atoms with Gasteiger partial charge in [-0.1, -0.05) is 34.6 Å². The zero-order chi connectivity index (χ0) is 53.4. The van der Waals surface area contributed by atoms with E-state index in [2.05, 4.69) is 27.2 Å². The van der Waals surface area contributed by atoms with Crippen LogP contribution in [0.5, 0.6) is 17.2 Å². The highest BCUT2D eigenvalue weighted by Gasteiger charge is 2.85. The van der Waals surface area contributed by atoms with Crippen LogP contribution in [0.3, 0.4) is 0 Å². The summed E-state index contributed by atoms with van der Waals surface area (Å²) in [5, 5.41) is 0. The second-order valence-corrected chi connectivity index (χ2v) is 23.5. The van der Waals surface area contributed by atoms with Crippen molar-refractivity contribution < 1.29 is 81.4 Å². The van der Waals surface area contributed by atoms with Crippen molar-refractivity contribution in [1.29, 1.82) is 0 Å². The molecule has 73 heavy (non-hydrogen) atoms. The molecule has 3 aliphatic carbocycles. The maximum Gasteiger partial charge on any atom is 0.435 e. The Bertz CT molecular complexity index is 2120. The van der Waals surface area contributed by atoms with Crippen molar-refractivity contribution in [3.63, 3.8) is 0 Å². The Morgan fingerprint density at radius 3 is 2.10 bits per heavy atom.